The van der Waals surface area contributed by atoms with Crippen LogP contribution < -0.4 is 0 Å². The smallest absolute Gasteiger partial charge is 0.0900 e. The van der Waals surface area contributed by atoms with Crippen molar-refractivity contribution in [1.82, 2.24) is 4.98 Å². The van der Waals surface area contributed by atoms with Crippen LogP contribution in [0.3, 0.4) is 0 Å². The number of hydrogen-bond donors (Lipinski definition) is 1. The molecule has 1 heterocycles. The maximum atomic E-state index is 10.0. The SMILES string of the molecule is CCCCCCCCCC(O)c1scnc1C. The zero-order valence-corrected chi connectivity index (χ0v) is 11.9. The van der Waals surface area contributed by atoms with Crippen molar-refractivity contribution in [2.24, 2.45) is 0 Å². The Kier molecular flexibility index (Phi) is 7.45. The molecule has 3 heteroatoms. The molecule has 2 nitrogen and oxygen atoms in total. The molecule has 0 radical (unpaired) electrons. The van der Waals surface area contributed by atoms with Crippen LogP contribution in [0, 0.1) is 6.92 Å². The van der Waals surface area contributed by atoms with Crippen molar-refractivity contribution in [3.63, 3.8) is 0 Å². The maximum absolute atomic E-state index is 10.0. The lowest BCUT2D eigenvalue weighted by Crippen LogP contribution is -1.97. The first-order valence-corrected chi connectivity index (χ1v) is 7.71. The monoisotopic (exact) mass is 255 g/mol. The van der Waals surface area contributed by atoms with Crippen LogP contribution in [0.2, 0.25) is 0 Å². The summed E-state index contributed by atoms with van der Waals surface area (Å²) in [7, 11) is 0. The van der Waals surface area contributed by atoms with Crippen molar-refractivity contribution in [2.45, 2.75) is 71.3 Å². The number of rotatable bonds is 9. The topological polar surface area (TPSA) is 33.1 Å². The van der Waals surface area contributed by atoms with Gasteiger partial charge in [-0.3, -0.25) is 0 Å². The summed E-state index contributed by atoms with van der Waals surface area (Å²) in [6.45, 7) is 4.22. The average molecular weight is 255 g/mol. The van der Waals surface area contributed by atoms with Crippen molar-refractivity contribution in [3.05, 3.63) is 16.1 Å². The first-order chi connectivity index (χ1) is 8.25. The van der Waals surface area contributed by atoms with Gasteiger partial charge in [0.15, 0.2) is 0 Å². The highest BCUT2D eigenvalue weighted by molar-refractivity contribution is 7.09. The van der Waals surface area contributed by atoms with E-state index in [0.717, 1.165) is 23.4 Å². The zero-order valence-electron chi connectivity index (χ0n) is 11.1. The number of aryl methyl sites for hydroxylation is 1. The van der Waals surface area contributed by atoms with Crippen molar-refractivity contribution in [2.75, 3.05) is 0 Å². The van der Waals surface area contributed by atoms with Gasteiger partial charge in [-0.2, -0.15) is 0 Å². The third kappa shape index (κ3) is 5.64. The van der Waals surface area contributed by atoms with Gasteiger partial charge in [0.25, 0.3) is 0 Å². The summed E-state index contributed by atoms with van der Waals surface area (Å²) in [6, 6.07) is 0. The minimum Gasteiger partial charge on any atom is -0.388 e. The lowest BCUT2D eigenvalue weighted by Gasteiger charge is -2.08. The van der Waals surface area contributed by atoms with Crippen molar-refractivity contribution in [3.8, 4) is 0 Å². The molecule has 0 aliphatic rings. The molecule has 1 aromatic heterocycles. The van der Waals surface area contributed by atoms with E-state index in [9.17, 15) is 5.11 Å². The van der Waals surface area contributed by atoms with Gasteiger partial charge < -0.3 is 5.11 Å². The highest BCUT2D eigenvalue weighted by Gasteiger charge is 2.11. The summed E-state index contributed by atoms with van der Waals surface area (Å²) in [5.41, 5.74) is 2.81. The fraction of sp³-hybridized carbons (Fsp3) is 0.786. The van der Waals surface area contributed by atoms with E-state index in [2.05, 4.69) is 11.9 Å². The molecule has 0 saturated carbocycles. The van der Waals surface area contributed by atoms with Crippen molar-refractivity contribution < 1.29 is 5.11 Å². The number of aliphatic hydroxyl groups is 1. The molecule has 1 N–H and O–H groups in total. The Morgan fingerprint density at radius 3 is 2.41 bits per heavy atom. The average Bonchev–Trinajstić information content (AvgIpc) is 2.74. The van der Waals surface area contributed by atoms with Crippen molar-refractivity contribution >= 4 is 11.3 Å². The van der Waals surface area contributed by atoms with Crippen LogP contribution in [-0.2, 0) is 0 Å². The van der Waals surface area contributed by atoms with Gasteiger partial charge in [0.2, 0.25) is 0 Å². The Bertz CT molecular complexity index is 298. The van der Waals surface area contributed by atoms with Crippen LogP contribution in [0.4, 0.5) is 0 Å². The predicted molar refractivity (Wildman–Crippen MR) is 74.4 cm³/mol. The standard InChI is InChI=1S/C14H25NOS/c1-3-4-5-6-7-8-9-10-13(16)14-12(2)15-11-17-14/h11,13,16H,3-10H2,1-2H3. The highest BCUT2D eigenvalue weighted by atomic mass is 32.1. The predicted octanol–water partition coefficient (Wildman–Crippen LogP) is 4.63. The summed E-state index contributed by atoms with van der Waals surface area (Å²) < 4.78 is 0. The van der Waals surface area contributed by atoms with E-state index in [1.807, 2.05) is 12.4 Å². The number of aromatic nitrogens is 1. The second kappa shape index (κ2) is 8.65. The molecule has 0 amide bonds. The van der Waals surface area contributed by atoms with E-state index >= 15 is 0 Å². The quantitative estimate of drug-likeness (QED) is 0.653. The Morgan fingerprint density at radius 1 is 1.18 bits per heavy atom. The lowest BCUT2D eigenvalue weighted by molar-refractivity contribution is 0.166. The highest BCUT2D eigenvalue weighted by Crippen LogP contribution is 2.26. The summed E-state index contributed by atoms with van der Waals surface area (Å²) >= 11 is 1.57. The Morgan fingerprint density at radius 2 is 1.82 bits per heavy atom. The molecule has 1 rings (SSSR count). The number of unbranched alkanes of at least 4 members (excludes halogenated alkanes) is 6. The first kappa shape index (κ1) is 14.7. The molecule has 0 aliphatic carbocycles. The molecule has 0 fully saturated rings. The molecule has 1 unspecified atom stereocenters. The van der Waals surface area contributed by atoms with E-state index in [-0.39, 0.29) is 6.10 Å². The van der Waals surface area contributed by atoms with Gasteiger partial charge in [0.05, 0.1) is 22.2 Å². The molecule has 0 aliphatic heterocycles. The van der Waals surface area contributed by atoms with Gasteiger partial charge in [0, 0.05) is 0 Å². The van der Waals surface area contributed by atoms with Gasteiger partial charge in [0.1, 0.15) is 0 Å². The summed E-state index contributed by atoms with van der Waals surface area (Å²) in [4.78, 5) is 5.23. The lowest BCUT2D eigenvalue weighted by atomic mass is 10.1. The number of hydrogen-bond acceptors (Lipinski definition) is 3. The van der Waals surface area contributed by atoms with Crippen LogP contribution in [0.5, 0.6) is 0 Å². The van der Waals surface area contributed by atoms with E-state index in [1.54, 1.807) is 11.3 Å². The number of aliphatic hydroxyl groups excluding tert-OH is 1. The third-order valence-corrected chi connectivity index (χ3v) is 4.20. The second-order valence-corrected chi connectivity index (χ2v) is 5.61. The van der Waals surface area contributed by atoms with Crippen molar-refractivity contribution in [1.29, 1.82) is 0 Å². The molecule has 17 heavy (non-hydrogen) atoms. The van der Waals surface area contributed by atoms with E-state index < -0.39 is 0 Å². The fourth-order valence-corrected chi connectivity index (χ4v) is 2.88. The molecule has 0 spiro atoms. The van der Waals surface area contributed by atoms with E-state index in [4.69, 9.17) is 0 Å². The Labute approximate surface area is 109 Å². The van der Waals surface area contributed by atoms with Crippen LogP contribution >= 0.6 is 11.3 Å². The van der Waals surface area contributed by atoms with E-state index in [1.165, 1.54) is 38.5 Å². The van der Waals surface area contributed by atoms with Crippen LogP contribution in [0.25, 0.3) is 0 Å². The molecule has 0 saturated heterocycles. The molecule has 1 atom stereocenters. The minimum atomic E-state index is -0.293. The number of thiazole rings is 1. The van der Waals surface area contributed by atoms with Gasteiger partial charge in [-0.1, -0.05) is 51.9 Å². The van der Waals surface area contributed by atoms with Crippen LogP contribution in [-0.4, -0.2) is 10.1 Å². The second-order valence-electron chi connectivity index (χ2n) is 4.73. The molecule has 1 aromatic rings. The molecular weight excluding hydrogens is 230 g/mol. The minimum absolute atomic E-state index is 0.293. The molecule has 0 bridgehead atoms. The van der Waals surface area contributed by atoms with Gasteiger partial charge in [-0.15, -0.1) is 11.3 Å². The summed E-state index contributed by atoms with van der Waals surface area (Å²) in [5.74, 6) is 0. The molecule has 98 valence electrons. The maximum Gasteiger partial charge on any atom is 0.0900 e. The van der Waals surface area contributed by atoms with Gasteiger partial charge >= 0.3 is 0 Å². The largest absolute Gasteiger partial charge is 0.388 e. The third-order valence-electron chi connectivity index (χ3n) is 3.17. The van der Waals surface area contributed by atoms with Gasteiger partial charge in [-0.05, 0) is 13.3 Å². The van der Waals surface area contributed by atoms with Crippen LogP contribution in [0.15, 0.2) is 5.51 Å². The first-order valence-electron chi connectivity index (χ1n) is 6.83. The summed E-state index contributed by atoms with van der Waals surface area (Å²) in [6.07, 6.45) is 9.68. The molecule has 0 aromatic carbocycles. The Balaban J connectivity index is 2.05. The normalized spacial score (nSPS) is 12.9. The van der Waals surface area contributed by atoms with E-state index in [0.29, 0.717) is 0 Å². The molecular formula is C14H25NOS. The Hall–Kier alpha value is -0.410. The van der Waals surface area contributed by atoms with Crippen LogP contribution in [0.1, 0.15) is 75.0 Å². The number of nitrogens with zero attached hydrogens (tertiary/aromatic N) is 1. The summed E-state index contributed by atoms with van der Waals surface area (Å²) in [5, 5.41) is 10.0. The fourth-order valence-electron chi connectivity index (χ4n) is 2.06. The van der Waals surface area contributed by atoms with Gasteiger partial charge in [-0.25, -0.2) is 4.98 Å². The zero-order chi connectivity index (χ0) is 12.5.